The van der Waals surface area contributed by atoms with Crippen LogP contribution in [0.1, 0.15) is 52.4 Å². The Hall–Kier alpha value is -0.970. The zero-order valence-corrected chi connectivity index (χ0v) is 13.6. The summed E-state index contributed by atoms with van der Waals surface area (Å²) < 4.78 is 0. The zero-order chi connectivity index (χ0) is 14.4. The van der Waals surface area contributed by atoms with E-state index < -0.39 is 0 Å². The van der Waals surface area contributed by atoms with Crippen molar-refractivity contribution in [1.29, 1.82) is 0 Å². The second kappa shape index (κ2) is 7.16. The molecule has 2 N–H and O–H groups in total. The van der Waals surface area contributed by atoms with Gasteiger partial charge >= 0.3 is 0 Å². The molecule has 0 spiro atoms. The average molecular weight is 294 g/mol. The molecular formula is C15H26N4S. The summed E-state index contributed by atoms with van der Waals surface area (Å²) in [6, 6.07) is 2.04. The van der Waals surface area contributed by atoms with Gasteiger partial charge in [-0.3, -0.25) is 0 Å². The van der Waals surface area contributed by atoms with Crippen molar-refractivity contribution in [3.63, 3.8) is 0 Å². The Morgan fingerprint density at radius 3 is 2.55 bits per heavy atom. The minimum Gasteiger partial charge on any atom is -0.370 e. The maximum Gasteiger partial charge on any atom is 0.191 e. The molecule has 1 saturated carbocycles. The third-order valence-electron chi connectivity index (χ3n) is 3.83. The molecule has 20 heavy (non-hydrogen) atoms. The molecule has 0 bridgehead atoms. The van der Waals surface area contributed by atoms with Gasteiger partial charge in [0, 0.05) is 18.2 Å². The highest BCUT2D eigenvalue weighted by Gasteiger charge is 2.27. The number of anilines is 2. The van der Waals surface area contributed by atoms with Gasteiger partial charge in [0.1, 0.15) is 11.6 Å². The van der Waals surface area contributed by atoms with Gasteiger partial charge < -0.3 is 10.6 Å². The molecule has 0 aromatic carbocycles. The van der Waals surface area contributed by atoms with E-state index in [0.29, 0.717) is 0 Å². The fraction of sp³-hybridized carbons (Fsp3) is 0.733. The van der Waals surface area contributed by atoms with Gasteiger partial charge in [-0.15, -0.1) is 0 Å². The van der Waals surface area contributed by atoms with E-state index in [1.165, 1.54) is 32.1 Å². The minimum atomic E-state index is 0.185. The number of rotatable bonds is 6. The van der Waals surface area contributed by atoms with E-state index in [0.717, 1.165) is 29.8 Å². The number of thioether (sulfide) groups is 1. The van der Waals surface area contributed by atoms with Crippen LogP contribution in [0.25, 0.3) is 0 Å². The van der Waals surface area contributed by atoms with Crippen LogP contribution in [-0.4, -0.2) is 28.3 Å². The zero-order valence-electron chi connectivity index (χ0n) is 12.8. The predicted octanol–water partition coefficient (Wildman–Crippen LogP) is 4.16. The molecule has 0 saturated heterocycles. The summed E-state index contributed by atoms with van der Waals surface area (Å²) in [5.74, 6) is 1.88. The molecule has 1 aliphatic carbocycles. The van der Waals surface area contributed by atoms with E-state index >= 15 is 0 Å². The van der Waals surface area contributed by atoms with Gasteiger partial charge in [0.15, 0.2) is 5.16 Å². The smallest absolute Gasteiger partial charge is 0.191 e. The second-order valence-corrected chi connectivity index (χ2v) is 6.57. The summed E-state index contributed by atoms with van der Waals surface area (Å²) in [5, 5.41) is 7.83. The Kier molecular flexibility index (Phi) is 5.52. The SMILES string of the molecule is CCCNc1cc(NC2(C)CCCCC2)nc(SC)n1. The molecule has 1 fully saturated rings. The molecule has 5 heteroatoms. The Morgan fingerprint density at radius 1 is 1.20 bits per heavy atom. The van der Waals surface area contributed by atoms with Gasteiger partial charge in [-0.2, -0.15) is 0 Å². The molecule has 1 aromatic rings. The van der Waals surface area contributed by atoms with Crippen molar-refractivity contribution in [1.82, 2.24) is 9.97 Å². The monoisotopic (exact) mass is 294 g/mol. The van der Waals surface area contributed by atoms with Gasteiger partial charge in [-0.05, 0) is 32.4 Å². The molecule has 0 aliphatic heterocycles. The summed E-state index contributed by atoms with van der Waals surface area (Å²) in [6.07, 6.45) is 9.55. The first-order valence-corrected chi connectivity index (χ1v) is 8.83. The van der Waals surface area contributed by atoms with Crippen molar-refractivity contribution in [2.75, 3.05) is 23.4 Å². The van der Waals surface area contributed by atoms with Gasteiger partial charge in [0.05, 0.1) is 0 Å². The van der Waals surface area contributed by atoms with Crippen LogP contribution in [0.2, 0.25) is 0 Å². The number of nitrogens with one attached hydrogen (secondary N) is 2. The van der Waals surface area contributed by atoms with Crippen LogP contribution in [0.4, 0.5) is 11.6 Å². The quantitative estimate of drug-likeness (QED) is 0.609. The number of nitrogens with zero attached hydrogens (tertiary/aromatic N) is 2. The van der Waals surface area contributed by atoms with Crippen LogP contribution >= 0.6 is 11.8 Å². The van der Waals surface area contributed by atoms with Crippen molar-refractivity contribution in [2.24, 2.45) is 0 Å². The van der Waals surface area contributed by atoms with Gasteiger partial charge in [0.25, 0.3) is 0 Å². The number of hydrogen-bond donors (Lipinski definition) is 2. The number of aromatic nitrogens is 2. The van der Waals surface area contributed by atoms with Crippen molar-refractivity contribution in [3.05, 3.63) is 6.07 Å². The van der Waals surface area contributed by atoms with E-state index in [4.69, 9.17) is 0 Å². The summed E-state index contributed by atoms with van der Waals surface area (Å²) in [4.78, 5) is 9.11. The summed E-state index contributed by atoms with van der Waals surface area (Å²) in [6.45, 7) is 5.42. The first-order chi connectivity index (χ1) is 9.65. The minimum absolute atomic E-state index is 0.185. The van der Waals surface area contributed by atoms with E-state index in [2.05, 4.69) is 34.4 Å². The van der Waals surface area contributed by atoms with Crippen LogP contribution in [0.3, 0.4) is 0 Å². The van der Waals surface area contributed by atoms with Crippen LogP contribution in [0, 0.1) is 0 Å². The first kappa shape index (κ1) is 15.4. The molecule has 112 valence electrons. The van der Waals surface area contributed by atoms with Crippen molar-refractivity contribution >= 4 is 23.4 Å². The fourth-order valence-corrected chi connectivity index (χ4v) is 3.07. The summed E-state index contributed by atoms with van der Waals surface area (Å²) >= 11 is 1.59. The van der Waals surface area contributed by atoms with Gasteiger partial charge in [-0.1, -0.05) is 37.9 Å². The normalized spacial score (nSPS) is 17.8. The molecule has 0 atom stereocenters. The molecular weight excluding hydrogens is 268 g/mol. The highest BCUT2D eigenvalue weighted by Crippen LogP contribution is 2.31. The lowest BCUT2D eigenvalue weighted by Gasteiger charge is -2.35. The second-order valence-electron chi connectivity index (χ2n) is 5.80. The van der Waals surface area contributed by atoms with E-state index in [1.807, 2.05) is 12.3 Å². The van der Waals surface area contributed by atoms with Crippen LogP contribution < -0.4 is 10.6 Å². The van der Waals surface area contributed by atoms with Crippen molar-refractivity contribution < 1.29 is 0 Å². The van der Waals surface area contributed by atoms with E-state index in [1.54, 1.807) is 11.8 Å². The molecule has 0 radical (unpaired) electrons. The lowest BCUT2D eigenvalue weighted by molar-refractivity contribution is 0.348. The molecule has 1 aliphatic rings. The number of hydrogen-bond acceptors (Lipinski definition) is 5. The molecule has 4 nitrogen and oxygen atoms in total. The molecule has 0 unspecified atom stereocenters. The highest BCUT2D eigenvalue weighted by atomic mass is 32.2. The first-order valence-electron chi connectivity index (χ1n) is 7.60. The lowest BCUT2D eigenvalue weighted by Crippen LogP contribution is -2.37. The lowest BCUT2D eigenvalue weighted by atomic mass is 9.83. The third-order valence-corrected chi connectivity index (χ3v) is 4.38. The molecule has 0 amide bonds. The van der Waals surface area contributed by atoms with Gasteiger partial charge in [-0.25, -0.2) is 9.97 Å². The Balaban J connectivity index is 2.12. The van der Waals surface area contributed by atoms with Crippen molar-refractivity contribution in [3.8, 4) is 0 Å². The van der Waals surface area contributed by atoms with E-state index in [-0.39, 0.29) is 5.54 Å². The Bertz CT molecular complexity index is 430. The highest BCUT2D eigenvalue weighted by molar-refractivity contribution is 7.98. The summed E-state index contributed by atoms with van der Waals surface area (Å²) in [5.41, 5.74) is 0.185. The topological polar surface area (TPSA) is 49.8 Å². The Labute approximate surface area is 126 Å². The maximum absolute atomic E-state index is 4.60. The largest absolute Gasteiger partial charge is 0.370 e. The van der Waals surface area contributed by atoms with Gasteiger partial charge in [0.2, 0.25) is 0 Å². The molecule has 2 rings (SSSR count). The van der Waals surface area contributed by atoms with E-state index in [9.17, 15) is 0 Å². The van der Waals surface area contributed by atoms with Crippen molar-refractivity contribution in [2.45, 2.75) is 63.1 Å². The standard InChI is InChI=1S/C15H26N4S/c1-4-10-16-12-11-13(18-14(17-12)20-3)19-15(2)8-6-5-7-9-15/h11H,4-10H2,1-3H3,(H2,16,17,18,19). The average Bonchev–Trinajstić information content (AvgIpc) is 2.45. The third kappa shape index (κ3) is 4.27. The fourth-order valence-electron chi connectivity index (χ4n) is 2.69. The summed E-state index contributed by atoms with van der Waals surface area (Å²) in [7, 11) is 0. The van der Waals surface area contributed by atoms with Crippen LogP contribution in [0.15, 0.2) is 11.2 Å². The molecule has 1 heterocycles. The maximum atomic E-state index is 4.60. The molecule has 1 aromatic heterocycles. The predicted molar refractivity (Wildman–Crippen MR) is 87.7 cm³/mol. The van der Waals surface area contributed by atoms with Crippen LogP contribution in [-0.2, 0) is 0 Å². The Morgan fingerprint density at radius 2 is 1.90 bits per heavy atom. The van der Waals surface area contributed by atoms with Crippen LogP contribution in [0.5, 0.6) is 0 Å².